The number of carbonyl (C=O) groups is 1. The van der Waals surface area contributed by atoms with Crippen molar-refractivity contribution in [1.82, 2.24) is 24.9 Å². The van der Waals surface area contributed by atoms with Gasteiger partial charge in [0.1, 0.15) is 0 Å². The first-order valence-electron chi connectivity index (χ1n) is 8.97. The summed E-state index contributed by atoms with van der Waals surface area (Å²) in [4.78, 5) is 12.8. The van der Waals surface area contributed by atoms with Crippen LogP contribution in [0, 0.1) is 13.8 Å². The molecule has 1 aromatic heterocycles. The maximum atomic E-state index is 12.7. The molecule has 2 aromatic carbocycles. The summed E-state index contributed by atoms with van der Waals surface area (Å²) in [7, 11) is -3.68. The molecular weight excluding hydrogens is 392 g/mol. The maximum Gasteiger partial charge on any atom is 0.255 e. The number of sulfonamides is 1. The molecule has 0 aliphatic rings. The SMILES string of the molecule is Cc1ccc(NC(=O)c2cccc(-n3nnnc3C)c2)cc1S(=O)(=O)NC(C)C. The minimum absolute atomic E-state index is 0.127. The number of nitrogens with zero attached hydrogens (tertiary/aromatic N) is 4. The van der Waals surface area contributed by atoms with Crippen LogP contribution in [0.2, 0.25) is 0 Å². The predicted octanol–water partition coefficient (Wildman–Crippen LogP) is 2.22. The zero-order valence-corrected chi connectivity index (χ0v) is 17.4. The van der Waals surface area contributed by atoms with Crippen LogP contribution in [0.1, 0.15) is 35.6 Å². The zero-order valence-electron chi connectivity index (χ0n) is 16.5. The first-order valence-corrected chi connectivity index (χ1v) is 10.5. The second-order valence-electron chi connectivity index (χ2n) is 6.90. The topological polar surface area (TPSA) is 119 Å². The third-order valence-electron chi connectivity index (χ3n) is 4.10. The van der Waals surface area contributed by atoms with E-state index in [2.05, 4.69) is 25.6 Å². The lowest BCUT2D eigenvalue weighted by Crippen LogP contribution is -2.30. The van der Waals surface area contributed by atoms with Crippen LogP contribution in [0.15, 0.2) is 47.4 Å². The molecule has 3 rings (SSSR count). The van der Waals surface area contributed by atoms with Crippen LogP contribution in [0.3, 0.4) is 0 Å². The Morgan fingerprint density at radius 1 is 1.10 bits per heavy atom. The van der Waals surface area contributed by atoms with Crippen molar-refractivity contribution in [3.63, 3.8) is 0 Å². The molecule has 0 spiro atoms. The number of amides is 1. The van der Waals surface area contributed by atoms with E-state index >= 15 is 0 Å². The standard InChI is InChI=1S/C19H22N6O3S/c1-12(2)22-29(27,28)18-11-16(9-8-13(18)3)20-19(26)15-6-5-7-17(10-15)25-14(4)21-23-24-25/h5-12,22H,1-4H3,(H,20,26). The molecule has 0 saturated carbocycles. The van der Waals surface area contributed by atoms with E-state index in [0.717, 1.165) is 0 Å². The Kier molecular flexibility index (Phi) is 5.76. The lowest BCUT2D eigenvalue weighted by Gasteiger charge is -2.14. The van der Waals surface area contributed by atoms with E-state index in [-0.39, 0.29) is 16.8 Å². The highest BCUT2D eigenvalue weighted by Crippen LogP contribution is 2.21. The molecular formula is C19H22N6O3S. The largest absolute Gasteiger partial charge is 0.322 e. The summed E-state index contributed by atoms with van der Waals surface area (Å²) >= 11 is 0. The molecule has 9 nitrogen and oxygen atoms in total. The van der Waals surface area contributed by atoms with Crippen molar-refractivity contribution in [2.24, 2.45) is 0 Å². The Balaban J connectivity index is 1.87. The van der Waals surface area contributed by atoms with Crippen molar-refractivity contribution in [2.45, 2.75) is 38.6 Å². The molecule has 0 saturated heterocycles. The van der Waals surface area contributed by atoms with Gasteiger partial charge in [0.15, 0.2) is 5.82 Å². The van der Waals surface area contributed by atoms with Gasteiger partial charge in [-0.3, -0.25) is 4.79 Å². The Morgan fingerprint density at radius 3 is 2.52 bits per heavy atom. The van der Waals surface area contributed by atoms with Crippen molar-refractivity contribution >= 4 is 21.6 Å². The summed E-state index contributed by atoms with van der Waals surface area (Å²) < 4.78 is 29.1. The molecule has 2 N–H and O–H groups in total. The van der Waals surface area contributed by atoms with Crippen LogP contribution in [0.5, 0.6) is 0 Å². The fourth-order valence-electron chi connectivity index (χ4n) is 2.79. The highest BCUT2D eigenvalue weighted by atomic mass is 32.2. The molecule has 0 aliphatic carbocycles. The normalized spacial score (nSPS) is 11.6. The van der Waals surface area contributed by atoms with E-state index in [1.807, 2.05) is 0 Å². The van der Waals surface area contributed by atoms with E-state index in [1.54, 1.807) is 64.1 Å². The fraction of sp³-hybridized carbons (Fsp3) is 0.263. The van der Waals surface area contributed by atoms with Gasteiger partial charge in [-0.1, -0.05) is 12.1 Å². The van der Waals surface area contributed by atoms with Gasteiger partial charge in [-0.15, -0.1) is 5.10 Å². The Hall–Kier alpha value is -3.11. The van der Waals surface area contributed by atoms with Gasteiger partial charge in [0.2, 0.25) is 10.0 Å². The molecule has 29 heavy (non-hydrogen) atoms. The minimum Gasteiger partial charge on any atom is -0.322 e. The number of benzene rings is 2. The molecule has 152 valence electrons. The van der Waals surface area contributed by atoms with Crippen molar-refractivity contribution in [1.29, 1.82) is 0 Å². The summed E-state index contributed by atoms with van der Waals surface area (Å²) in [6, 6.07) is 11.4. The van der Waals surface area contributed by atoms with Gasteiger partial charge in [0.05, 0.1) is 10.6 Å². The maximum absolute atomic E-state index is 12.7. The molecule has 1 amide bonds. The molecule has 0 aliphatic heterocycles. The lowest BCUT2D eigenvalue weighted by molar-refractivity contribution is 0.102. The molecule has 0 bridgehead atoms. The number of carbonyl (C=O) groups excluding carboxylic acids is 1. The fourth-order valence-corrected chi connectivity index (χ4v) is 4.32. The van der Waals surface area contributed by atoms with Gasteiger partial charge in [-0.25, -0.2) is 13.1 Å². The number of rotatable bonds is 6. The van der Waals surface area contributed by atoms with E-state index in [9.17, 15) is 13.2 Å². The molecule has 3 aromatic rings. The number of aryl methyl sites for hydroxylation is 2. The van der Waals surface area contributed by atoms with Crippen molar-refractivity contribution in [3.8, 4) is 5.69 Å². The third-order valence-corrected chi connectivity index (χ3v) is 5.91. The second-order valence-corrected chi connectivity index (χ2v) is 8.58. The van der Waals surface area contributed by atoms with E-state index in [1.165, 1.54) is 10.7 Å². The molecule has 1 heterocycles. The van der Waals surface area contributed by atoms with Crippen LogP contribution in [-0.4, -0.2) is 40.6 Å². The molecule has 0 unspecified atom stereocenters. The summed E-state index contributed by atoms with van der Waals surface area (Å²) in [6.45, 7) is 6.96. The second kappa shape index (κ2) is 8.10. The lowest BCUT2D eigenvalue weighted by atomic mass is 10.1. The Labute approximate surface area is 169 Å². The summed E-state index contributed by atoms with van der Waals surface area (Å²) in [5.74, 6) is 0.218. The third kappa shape index (κ3) is 4.66. The first kappa shape index (κ1) is 20.6. The van der Waals surface area contributed by atoms with Gasteiger partial charge >= 0.3 is 0 Å². The summed E-state index contributed by atoms with van der Waals surface area (Å²) in [6.07, 6.45) is 0. The molecule has 0 radical (unpaired) electrons. The highest BCUT2D eigenvalue weighted by molar-refractivity contribution is 7.89. The average Bonchev–Trinajstić information content (AvgIpc) is 3.08. The first-order chi connectivity index (χ1) is 13.7. The molecule has 0 atom stereocenters. The number of anilines is 1. The van der Waals surface area contributed by atoms with Crippen LogP contribution in [0.4, 0.5) is 5.69 Å². The van der Waals surface area contributed by atoms with Crippen LogP contribution < -0.4 is 10.0 Å². The van der Waals surface area contributed by atoms with Crippen LogP contribution >= 0.6 is 0 Å². The monoisotopic (exact) mass is 414 g/mol. The quantitative estimate of drug-likeness (QED) is 0.638. The highest BCUT2D eigenvalue weighted by Gasteiger charge is 2.19. The Morgan fingerprint density at radius 2 is 1.86 bits per heavy atom. The van der Waals surface area contributed by atoms with Gasteiger partial charge in [0.25, 0.3) is 5.91 Å². The number of nitrogens with one attached hydrogen (secondary N) is 2. The van der Waals surface area contributed by atoms with Gasteiger partial charge < -0.3 is 5.32 Å². The van der Waals surface area contributed by atoms with Gasteiger partial charge in [0, 0.05) is 17.3 Å². The number of tetrazole rings is 1. The van der Waals surface area contributed by atoms with E-state index in [0.29, 0.717) is 28.3 Å². The average molecular weight is 414 g/mol. The molecule has 0 fully saturated rings. The van der Waals surface area contributed by atoms with Crippen LogP contribution in [0.25, 0.3) is 5.69 Å². The number of hydrogen-bond donors (Lipinski definition) is 2. The van der Waals surface area contributed by atoms with Crippen molar-refractivity contribution in [3.05, 3.63) is 59.4 Å². The minimum atomic E-state index is -3.68. The van der Waals surface area contributed by atoms with Crippen molar-refractivity contribution < 1.29 is 13.2 Å². The van der Waals surface area contributed by atoms with Gasteiger partial charge in [-0.2, -0.15) is 4.68 Å². The number of hydrogen-bond acceptors (Lipinski definition) is 6. The Bertz CT molecular complexity index is 1150. The number of aromatic nitrogens is 4. The zero-order chi connectivity index (χ0) is 21.2. The smallest absolute Gasteiger partial charge is 0.255 e. The summed E-state index contributed by atoms with van der Waals surface area (Å²) in [5, 5.41) is 14.1. The van der Waals surface area contributed by atoms with Crippen LogP contribution in [-0.2, 0) is 10.0 Å². The molecule has 10 heteroatoms. The predicted molar refractivity (Wildman–Crippen MR) is 108 cm³/mol. The van der Waals surface area contributed by atoms with Crippen molar-refractivity contribution in [2.75, 3.05) is 5.32 Å². The van der Waals surface area contributed by atoms with Gasteiger partial charge in [-0.05, 0) is 74.0 Å². The summed E-state index contributed by atoms with van der Waals surface area (Å²) in [5.41, 5.74) is 2.01. The van der Waals surface area contributed by atoms with E-state index in [4.69, 9.17) is 0 Å². The van der Waals surface area contributed by atoms with E-state index < -0.39 is 10.0 Å².